The number of benzene rings is 2. The molecule has 0 aliphatic carbocycles. The normalized spacial score (nSPS) is 10.3. The van der Waals surface area contributed by atoms with Crippen LogP contribution in [0.25, 0.3) is 0 Å². The summed E-state index contributed by atoms with van der Waals surface area (Å²) in [5.41, 5.74) is 3.22. The van der Waals surface area contributed by atoms with Gasteiger partial charge in [-0.2, -0.15) is 0 Å². The van der Waals surface area contributed by atoms with Crippen LogP contribution in [-0.2, 0) is 11.3 Å². The predicted molar refractivity (Wildman–Crippen MR) is 81.3 cm³/mol. The number of anilines is 1. The van der Waals surface area contributed by atoms with Crippen LogP contribution < -0.4 is 5.32 Å². The van der Waals surface area contributed by atoms with Crippen LogP contribution >= 0.6 is 11.6 Å². The third-order valence-corrected chi connectivity index (χ3v) is 3.45. The van der Waals surface area contributed by atoms with Gasteiger partial charge in [-0.25, -0.2) is 0 Å². The van der Waals surface area contributed by atoms with Crippen molar-refractivity contribution < 1.29 is 9.53 Å². The molecule has 0 spiro atoms. The fourth-order valence-electron chi connectivity index (χ4n) is 1.86. The lowest BCUT2D eigenvalue weighted by atomic mass is 10.1. The molecule has 0 aliphatic rings. The van der Waals surface area contributed by atoms with Crippen LogP contribution in [0.1, 0.15) is 21.5 Å². The predicted octanol–water partition coefficient (Wildman–Crippen LogP) is 4.05. The molecule has 0 radical (unpaired) electrons. The molecule has 0 saturated heterocycles. The molecule has 0 aromatic heterocycles. The molecule has 0 bridgehead atoms. The van der Waals surface area contributed by atoms with E-state index < -0.39 is 0 Å². The zero-order chi connectivity index (χ0) is 14.5. The Labute approximate surface area is 123 Å². The van der Waals surface area contributed by atoms with Crippen LogP contribution in [0.4, 0.5) is 5.69 Å². The summed E-state index contributed by atoms with van der Waals surface area (Å²) in [6.07, 6.45) is 0. The van der Waals surface area contributed by atoms with Gasteiger partial charge in [0.2, 0.25) is 0 Å². The van der Waals surface area contributed by atoms with Gasteiger partial charge in [0.1, 0.15) is 0 Å². The minimum absolute atomic E-state index is 0.153. The van der Waals surface area contributed by atoms with Gasteiger partial charge in [0.15, 0.2) is 0 Å². The summed E-state index contributed by atoms with van der Waals surface area (Å²) in [7, 11) is 1.64. The maximum atomic E-state index is 12.2. The summed E-state index contributed by atoms with van der Waals surface area (Å²) in [6, 6.07) is 12.8. The van der Waals surface area contributed by atoms with Crippen LogP contribution in [0.5, 0.6) is 0 Å². The van der Waals surface area contributed by atoms with Gasteiger partial charge in [-0.05, 0) is 42.3 Å². The lowest BCUT2D eigenvalue weighted by molar-refractivity contribution is 0.102. The van der Waals surface area contributed by atoms with Gasteiger partial charge in [-0.3, -0.25) is 4.79 Å². The first kappa shape index (κ1) is 14.6. The van der Waals surface area contributed by atoms with Crippen molar-refractivity contribution in [1.29, 1.82) is 0 Å². The van der Waals surface area contributed by atoms with Crippen LogP contribution in [0.15, 0.2) is 42.5 Å². The molecule has 1 amide bonds. The summed E-state index contributed by atoms with van der Waals surface area (Å²) >= 11 is 6.03. The SMILES string of the molecule is COCc1ccc(C(=O)Nc2cccc(Cl)c2C)cc1. The highest BCUT2D eigenvalue weighted by molar-refractivity contribution is 6.31. The molecule has 3 nitrogen and oxygen atoms in total. The van der Waals surface area contributed by atoms with Crippen molar-refractivity contribution in [2.45, 2.75) is 13.5 Å². The second-order valence-electron chi connectivity index (χ2n) is 4.50. The number of rotatable bonds is 4. The van der Waals surface area contributed by atoms with Gasteiger partial charge in [0, 0.05) is 23.4 Å². The molecule has 2 aromatic rings. The Kier molecular flexibility index (Phi) is 4.77. The zero-order valence-electron chi connectivity index (χ0n) is 11.4. The van der Waals surface area contributed by atoms with E-state index >= 15 is 0 Å². The molecule has 0 fully saturated rings. The fraction of sp³-hybridized carbons (Fsp3) is 0.188. The van der Waals surface area contributed by atoms with E-state index in [1.54, 1.807) is 25.3 Å². The van der Waals surface area contributed by atoms with Crippen molar-refractivity contribution in [3.63, 3.8) is 0 Å². The summed E-state index contributed by atoms with van der Waals surface area (Å²) in [5.74, 6) is -0.153. The lowest BCUT2D eigenvalue weighted by Gasteiger charge is -2.10. The van der Waals surface area contributed by atoms with Crippen molar-refractivity contribution in [3.8, 4) is 0 Å². The third kappa shape index (κ3) is 3.38. The molecule has 20 heavy (non-hydrogen) atoms. The molecule has 2 aromatic carbocycles. The average Bonchev–Trinajstić information content (AvgIpc) is 2.45. The molecule has 104 valence electrons. The molecular weight excluding hydrogens is 274 g/mol. The first-order chi connectivity index (χ1) is 9.61. The van der Waals surface area contributed by atoms with E-state index in [-0.39, 0.29) is 5.91 Å². The maximum absolute atomic E-state index is 12.2. The molecular formula is C16H16ClNO2. The van der Waals surface area contributed by atoms with Gasteiger partial charge >= 0.3 is 0 Å². The molecule has 4 heteroatoms. The highest BCUT2D eigenvalue weighted by atomic mass is 35.5. The van der Waals surface area contributed by atoms with Gasteiger partial charge in [0.05, 0.1) is 6.61 Å². The molecule has 0 saturated carbocycles. The largest absolute Gasteiger partial charge is 0.380 e. The highest BCUT2D eigenvalue weighted by Gasteiger charge is 2.09. The Balaban J connectivity index is 2.13. The van der Waals surface area contributed by atoms with Gasteiger partial charge in [-0.1, -0.05) is 29.8 Å². The van der Waals surface area contributed by atoms with E-state index in [0.29, 0.717) is 17.2 Å². The van der Waals surface area contributed by atoms with E-state index in [1.165, 1.54) is 0 Å². The average molecular weight is 290 g/mol. The number of hydrogen-bond donors (Lipinski definition) is 1. The van der Waals surface area contributed by atoms with Gasteiger partial charge < -0.3 is 10.1 Å². The number of amides is 1. The third-order valence-electron chi connectivity index (χ3n) is 3.04. The minimum atomic E-state index is -0.153. The van der Waals surface area contributed by atoms with Crippen LogP contribution in [0.3, 0.4) is 0 Å². The van der Waals surface area contributed by atoms with E-state index in [4.69, 9.17) is 16.3 Å². The number of ether oxygens (including phenoxy) is 1. The minimum Gasteiger partial charge on any atom is -0.380 e. The van der Waals surface area contributed by atoms with Crippen molar-refractivity contribution in [2.75, 3.05) is 12.4 Å². The van der Waals surface area contributed by atoms with E-state index in [2.05, 4.69) is 5.32 Å². The summed E-state index contributed by atoms with van der Waals surface area (Å²) < 4.78 is 5.04. The molecule has 1 N–H and O–H groups in total. The molecule has 0 unspecified atom stereocenters. The van der Waals surface area contributed by atoms with Crippen LogP contribution in [0.2, 0.25) is 5.02 Å². The smallest absolute Gasteiger partial charge is 0.255 e. The fourth-order valence-corrected chi connectivity index (χ4v) is 2.03. The first-order valence-corrected chi connectivity index (χ1v) is 6.64. The molecule has 0 heterocycles. The van der Waals surface area contributed by atoms with Crippen molar-refractivity contribution in [1.82, 2.24) is 0 Å². The van der Waals surface area contributed by atoms with Gasteiger partial charge in [-0.15, -0.1) is 0 Å². The number of halogens is 1. The summed E-state index contributed by atoms with van der Waals surface area (Å²) in [4.78, 5) is 12.2. The Bertz CT molecular complexity index is 608. The van der Waals surface area contributed by atoms with Crippen molar-refractivity contribution >= 4 is 23.2 Å². The van der Waals surface area contributed by atoms with Gasteiger partial charge in [0.25, 0.3) is 5.91 Å². The maximum Gasteiger partial charge on any atom is 0.255 e. The Hall–Kier alpha value is -1.84. The van der Waals surface area contributed by atoms with Crippen molar-refractivity contribution in [3.05, 3.63) is 64.2 Å². The summed E-state index contributed by atoms with van der Waals surface area (Å²) in [6.45, 7) is 2.41. The number of carbonyl (C=O) groups is 1. The number of nitrogens with one attached hydrogen (secondary N) is 1. The topological polar surface area (TPSA) is 38.3 Å². The molecule has 0 aliphatic heterocycles. The van der Waals surface area contributed by atoms with Crippen LogP contribution in [-0.4, -0.2) is 13.0 Å². The second-order valence-corrected chi connectivity index (χ2v) is 4.90. The molecule has 2 rings (SSSR count). The highest BCUT2D eigenvalue weighted by Crippen LogP contribution is 2.23. The molecule has 0 atom stereocenters. The number of methoxy groups -OCH3 is 1. The van der Waals surface area contributed by atoms with Crippen LogP contribution in [0, 0.1) is 6.92 Å². The monoisotopic (exact) mass is 289 g/mol. The Morgan fingerprint density at radius 3 is 2.55 bits per heavy atom. The number of hydrogen-bond acceptors (Lipinski definition) is 2. The second kappa shape index (κ2) is 6.55. The van der Waals surface area contributed by atoms with Crippen molar-refractivity contribution in [2.24, 2.45) is 0 Å². The standard InChI is InChI=1S/C16H16ClNO2/c1-11-14(17)4-3-5-15(11)18-16(19)13-8-6-12(7-9-13)10-20-2/h3-9H,10H2,1-2H3,(H,18,19). The Morgan fingerprint density at radius 1 is 1.20 bits per heavy atom. The zero-order valence-corrected chi connectivity index (χ0v) is 12.2. The number of carbonyl (C=O) groups excluding carboxylic acids is 1. The quantitative estimate of drug-likeness (QED) is 0.922. The van der Waals surface area contributed by atoms with E-state index in [1.807, 2.05) is 31.2 Å². The summed E-state index contributed by atoms with van der Waals surface area (Å²) in [5, 5.41) is 3.50. The van der Waals surface area contributed by atoms with E-state index in [9.17, 15) is 4.79 Å². The Morgan fingerprint density at radius 2 is 1.90 bits per heavy atom. The van der Waals surface area contributed by atoms with E-state index in [0.717, 1.165) is 16.8 Å². The lowest BCUT2D eigenvalue weighted by Crippen LogP contribution is -2.12. The first-order valence-electron chi connectivity index (χ1n) is 6.26.